The van der Waals surface area contributed by atoms with Crippen LogP contribution >= 0.6 is 11.3 Å². The number of aromatic nitrogens is 4. The summed E-state index contributed by atoms with van der Waals surface area (Å²) in [6.07, 6.45) is 7.81. The molecule has 0 unspecified atom stereocenters. The third kappa shape index (κ3) is 3.72. The van der Waals surface area contributed by atoms with Gasteiger partial charge in [0.05, 0.1) is 11.8 Å². The van der Waals surface area contributed by atoms with E-state index < -0.39 is 0 Å². The van der Waals surface area contributed by atoms with Gasteiger partial charge in [0.25, 0.3) is 5.91 Å². The van der Waals surface area contributed by atoms with E-state index in [2.05, 4.69) is 22.3 Å². The molecule has 1 amide bonds. The molecule has 0 spiro atoms. The maximum absolute atomic E-state index is 13.2. The van der Waals surface area contributed by atoms with Gasteiger partial charge in [-0.15, -0.1) is 11.3 Å². The highest BCUT2D eigenvalue weighted by atomic mass is 32.1. The van der Waals surface area contributed by atoms with E-state index in [1.165, 1.54) is 12.8 Å². The van der Waals surface area contributed by atoms with Gasteiger partial charge in [0.1, 0.15) is 16.3 Å². The molecule has 1 saturated heterocycles. The van der Waals surface area contributed by atoms with Crippen molar-refractivity contribution in [2.24, 2.45) is 11.7 Å². The summed E-state index contributed by atoms with van der Waals surface area (Å²) in [5.74, 6) is 1.85. The third-order valence-corrected chi connectivity index (χ3v) is 6.74. The van der Waals surface area contributed by atoms with Crippen LogP contribution in [0.4, 0.5) is 5.82 Å². The van der Waals surface area contributed by atoms with Gasteiger partial charge in [0.15, 0.2) is 5.82 Å². The van der Waals surface area contributed by atoms with Crippen LogP contribution in [0.15, 0.2) is 23.8 Å². The first-order valence-electron chi connectivity index (χ1n) is 10.2. The standard InChI is InChI=1S/C20H25N7OS/c1-12(13-2-3-13)23-17-10-16(19(28)26-6-4-14(21)5-7-26)24-18(25-17)15-11-22-27-8-9-29-20(15)27/h8-14H,2-7,21H2,1H3,(H,23,24,25)/t12-/m0/s1. The van der Waals surface area contributed by atoms with Gasteiger partial charge in [0, 0.05) is 42.8 Å². The number of hydrogen-bond donors (Lipinski definition) is 2. The van der Waals surface area contributed by atoms with Gasteiger partial charge in [-0.2, -0.15) is 5.10 Å². The molecule has 0 bridgehead atoms. The summed E-state index contributed by atoms with van der Waals surface area (Å²) in [7, 11) is 0. The smallest absolute Gasteiger partial charge is 0.272 e. The van der Waals surface area contributed by atoms with Crippen molar-refractivity contribution in [2.45, 2.75) is 44.7 Å². The number of anilines is 1. The van der Waals surface area contributed by atoms with Crippen molar-refractivity contribution in [3.05, 3.63) is 29.5 Å². The van der Waals surface area contributed by atoms with Crippen LogP contribution in [0.5, 0.6) is 0 Å². The van der Waals surface area contributed by atoms with Gasteiger partial charge in [-0.3, -0.25) is 4.79 Å². The number of carbonyl (C=O) groups excluding carboxylic acids is 1. The number of nitrogens with zero attached hydrogens (tertiary/aromatic N) is 5. The first kappa shape index (κ1) is 18.5. The lowest BCUT2D eigenvalue weighted by atomic mass is 10.1. The van der Waals surface area contributed by atoms with E-state index in [0.717, 1.165) is 23.2 Å². The number of fused-ring (bicyclic) bond motifs is 1. The number of amides is 1. The number of likely N-dealkylation sites (tertiary alicyclic amines) is 1. The molecule has 0 radical (unpaired) electrons. The van der Waals surface area contributed by atoms with Crippen LogP contribution in [0.25, 0.3) is 16.2 Å². The number of carbonyl (C=O) groups is 1. The number of nitrogens with one attached hydrogen (secondary N) is 1. The maximum atomic E-state index is 13.2. The molecule has 3 aromatic rings. The molecule has 1 saturated carbocycles. The molecule has 29 heavy (non-hydrogen) atoms. The average molecular weight is 412 g/mol. The molecule has 3 N–H and O–H groups in total. The van der Waals surface area contributed by atoms with Crippen LogP contribution in [0, 0.1) is 5.92 Å². The molecule has 1 aliphatic carbocycles. The highest BCUT2D eigenvalue weighted by Gasteiger charge is 2.29. The lowest BCUT2D eigenvalue weighted by Crippen LogP contribution is -2.43. The van der Waals surface area contributed by atoms with Crippen LogP contribution in [0.3, 0.4) is 0 Å². The Morgan fingerprint density at radius 1 is 1.28 bits per heavy atom. The second kappa shape index (κ2) is 7.38. The minimum atomic E-state index is -0.0581. The van der Waals surface area contributed by atoms with Gasteiger partial charge >= 0.3 is 0 Å². The normalized spacial score (nSPS) is 18.9. The molecule has 4 heterocycles. The van der Waals surface area contributed by atoms with Crippen LogP contribution in [0.1, 0.15) is 43.1 Å². The molecule has 1 atom stereocenters. The molecule has 2 aliphatic rings. The quantitative estimate of drug-likeness (QED) is 0.669. The highest BCUT2D eigenvalue weighted by Crippen LogP contribution is 2.34. The Morgan fingerprint density at radius 2 is 2.07 bits per heavy atom. The first-order valence-corrected chi connectivity index (χ1v) is 11.1. The molecule has 152 valence electrons. The van der Waals surface area contributed by atoms with E-state index in [1.807, 2.05) is 21.0 Å². The Balaban J connectivity index is 1.51. The van der Waals surface area contributed by atoms with Crippen molar-refractivity contribution in [3.63, 3.8) is 0 Å². The first-order chi connectivity index (χ1) is 14.1. The Labute approximate surface area is 173 Å². The number of thiazole rings is 1. The topological polar surface area (TPSA) is 101 Å². The SMILES string of the molecule is C[C@H](Nc1cc(C(=O)N2CCC(N)CC2)nc(-c2cnn3ccsc23)n1)C1CC1. The fourth-order valence-corrected chi connectivity index (χ4v) is 4.64. The molecule has 1 aliphatic heterocycles. The van der Waals surface area contributed by atoms with Gasteiger partial charge in [-0.25, -0.2) is 14.5 Å². The summed E-state index contributed by atoms with van der Waals surface area (Å²) >= 11 is 1.58. The van der Waals surface area contributed by atoms with Crippen LogP contribution < -0.4 is 11.1 Å². The monoisotopic (exact) mass is 411 g/mol. The Bertz CT molecular complexity index is 1030. The van der Waals surface area contributed by atoms with E-state index in [9.17, 15) is 4.79 Å². The van der Waals surface area contributed by atoms with Crippen molar-refractivity contribution >= 4 is 27.9 Å². The summed E-state index contributed by atoms with van der Waals surface area (Å²) < 4.78 is 1.81. The molecule has 9 heteroatoms. The zero-order valence-corrected chi connectivity index (χ0v) is 17.2. The van der Waals surface area contributed by atoms with Gasteiger partial charge in [0.2, 0.25) is 0 Å². The molecule has 3 aromatic heterocycles. The fraction of sp³-hybridized carbons (Fsp3) is 0.500. The molecule has 0 aromatic carbocycles. The largest absolute Gasteiger partial charge is 0.367 e. The Morgan fingerprint density at radius 3 is 2.83 bits per heavy atom. The Kier molecular flexibility index (Phi) is 4.71. The van der Waals surface area contributed by atoms with Crippen LogP contribution in [0.2, 0.25) is 0 Å². The lowest BCUT2D eigenvalue weighted by Gasteiger charge is -2.30. The molecular weight excluding hydrogens is 386 g/mol. The van der Waals surface area contributed by atoms with Crippen LogP contribution in [-0.2, 0) is 0 Å². The van der Waals surface area contributed by atoms with Crippen molar-refractivity contribution in [3.8, 4) is 11.4 Å². The summed E-state index contributed by atoms with van der Waals surface area (Å²) in [5.41, 5.74) is 7.27. The van der Waals surface area contributed by atoms with Gasteiger partial charge < -0.3 is 16.0 Å². The summed E-state index contributed by atoms with van der Waals surface area (Å²) in [4.78, 5) is 25.4. The summed E-state index contributed by atoms with van der Waals surface area (Å²) in [6, 6.07) is 2.28. The van der Waals surface area contributed by atoms with Crippen LogP contribution in [-0.4, -0.2) is 55.6 Å². The number of hydrogen-bond acceptors (Lipinski definition) is 7. The van der Waals surface area contributed by atoms with Crippen molar-refractivity contribution in [1.82, 2.24) is 24.5 Å². The zero-order chi connectivity index (χ0) is 20.0. The average Bonchev–Trinajstić information content (AvgIpc) is 3.34. The second-order valence-electron chi connectivity index (χ2n) is 8.07. The predicted octanol–water partition coefficient (Wildman–Crippen LogP) is 2.63. The third-order valence-electron chi connectivity index (χ3n) is 5.85. The highest BCUT2D eigenvalue weighted by molar-refractivity contribution is 7.16. The van der Waals surface area contributed by atoms with E-state index in [-0.39, 0.29) is 11.9 Å². The fourth-order valence-electron chi connectivity index (χ4n) is 3.84. The van der Waals surface area contributed by atoms with E-state index >= 15 is 0 Å². The predicted molar refractivity (Wildman–Crippen MR) is 113 cm³/mol. The van der Waals surface area contributed by atoms with E-state index in [1.54, 1.807) is 23.6 Å². The van der Waals surface area contributed by atoms with E-state index in [4.69, 9.17) is 10.7 Å². The maximum Gasteiger partial charge on any atom is 0.272 e. The van der Waals surface area contributed by atoms with Crippen molar-refractivity contribution in [1.29, 1.82) is 0 Å². The number of nitrogens with two attached hydrogens (primary N) is 1. The molecule has 8 nitrogen and oxygen atoms in total. The Hall–Kier alpha value is -2.52. The molecule has 5 rings (SSSR count). The second-order valence-corrected chi connectivity index (χ2v) is 8.97. The minimum Gasteiger partial charge on any atom is -0.367 e. The van der Waals surface area contributed by atoms with E-state index in [0.29, 0.717) is 42.4 Å². The summed E-state index contributed by atoms with van der Waals surface area (Å²) in [6.45, 7) is 3.51. The van der Waals surface area contributed by atoms with Gasteiger partial charge in [-0.05, 0) is 38.5 Å². The number of rotatable bonds is 5. The van der Waals surface area contributed by atoms with Crippen molar-refractivity contribution < 1.29 is 4.79 Å². The zero-order valence-electron chi connectivity index (χ0n) is 16.4. The number of piperidine rings is 1. The van der Waals surface area contributed by atoms with Gasteiger partial charge in [-0.1, -0.05) is 0 Å². The van der Waals surface area contributed by atoms with Crippen molar-refractivity contribution in [2.75, 3.05) is 18.4 Å². The lowest BCUT2D eigenvalue weighted by molar-refractivity contribution is 0.0709. The minimum absolute atomic E-state index is 0.0581. The molecular formula is C20H25N7OS. The summed E-state index contributed by atoms with van der Waals surface area (Å²) in [5, 5.41) is 9.84. The molecule has 2 fully saturated rings.